The maximum Gasteiger partial charge on any atom is 0.269 e. The maximum absolute atomic E-state index is 13.7. The molecule has 1 aromatic carbocycles. The van der Waals surface area contributed by atoms with Crippen LogP contribution in [0.3, 0.4) is 0 Å². The van der Waals surface area contributed by atoms with Gasteiger partial charge >= 0.3 is 0 Å². The van der Waals surface area contributed by atoms with Gasteiger partial charge < -0.3 is 0 Å². The topological polar surface area (TPSA) is 87.8 Å². The van der Waals surface area contributed by atoms with Crippen LogP contribution in [0.4, 0.5) is 36.6 Å². The molecule has 1 heterocycles. The molecule has 0 saturated carbocycles. The van der Waals surface area contributed by atoms with Gasteiger partial charge in [-0.05, 0) is 0 Å². The second-order valence-corrected chi connectivity index (χ2v) is 6.89. The van der Waals surface area contributed by atoms with Gasteiger partial charge in [-0.25, -0.2) is 39.2 Å². The van der Waals surface area contributed by atoms with Crippen molar-refractivity contribution in [2.75, 3.05) is 4.72 Å². The molecule has 0 fully saturated rings. The van der Waals surface area contributed by atoms with Gasteiger partial charge in [-0.15, -0.1) is 0 Å². The van der Waals surface area contributed by atoms with Crippen LogP contribution in [-0.2, 0) is 16.6 Å². The summed E-state index contributed by atoms with van der Waals surface area (Å²) in [6.07, 6.45) is 0.702. The van der Waals surface area contributed by atoms with Crippen LogP contribution in [0.5, 0.6) is 0 Å². The van der Waals surface area contributed by atoms with Gasteiger partial charge in [0.15, 0.2) is 34.0 Å². The van der Waals surface area contributed by atoms with E-state index in [9.17, 15) is 39.2 Å². The fourth-order valence-electron chi connectivity index (χ4n) is 1.94. The molecule has 0 aliphatic heterocycles. The molecule has 0 unspecified atom stereocenters. The van der Waals surface area contributed by atoms with Crippen LogP contribution in [0.15, 0.2) is 11.1 Å². The first kappa shape index (κ1) is 20.5. The Hall–Kier alpha value is -2.82. The predicted molar refractivity (Wildman–Crippen MR) is 74.6 cm³/mol. The van der Waals surface area contributed by atoms with E-state index < -0.39 is 67.9 Å². The summed E-state index contributed by atoms with van der Waals surface area (Å²) in [5.41, 5.74) is -0.633. The molecule has 0 bridgehead atoms. The van der Waals surface area contributed by atoms with Gasteiger partial charge in [-0.2, -0.15) is 10.4 Å². The molecule has 2 aromatic rings. The molecule has 14 heteroatoms. The Kier molecular flexibility index (Phi) is 5.10. The highest BCUT2D eigenvalue weighted by molar-refractivity contribution is 7.92. The van der Waals surface area contributed by atoms with Gasteiger partial charge in [0.25, 0.3) is 15.9 Å². The van der Waals surface area contributed by atoms with Crippen molar-refractivity contribution in [1.29, 1.82) is 5.26 Å². The van der Waals surface area contributed by atoms with E-state index in [4.69, 9.17) is 5.26 Å². The number of rotatable bonds is 5. The van der Waals surface area contributed by atoms with E-state index in [0.717, 1.165) is 0 Å². The van der Waals surface area contributed by atoms with Gasteiger partial charge in [-0.1, -0.05) is 0 Å². The van der Waals surface area contributed by atoms with Crippen LogP contribution in [0.2, 0.25) is 0 Å². The van der Waals surface area contributed by atoms with E-state index in [2.05, 4.69) is 5.10 Å². The number of hydrogen-bond donors (Lipinski definition) is 1. The number of nitrogens with one attached hydrogen (secondary N) is 1. The number of sulfonamides is 1. The first-order valence-electron chi connectivity index (χ1n) is 6.68. The third kappa shape index (κ3) is 3.97. The summed E-state index contributed by atoms with van der Waals surface area (Å²) in [5.74, 6) is -17.1. The SMILES string of the molecule is CC(F)(F)Cn1cc(C#N)c(NS(=O)(=O)c2c(F)c(F)c(F)c(F)c2F)n1. The Labute approximate surface area is 146 Å². The summed E-state index contributed by atoms with van der Waals surface area (Å²) >= 11 is 0. The minimum atomic E-state index is -5.46. The van der Waals surface area contributed by atoms with Crippen molar-refractivity contribution in [3.05, 3.63) is 40.8 Å². The van der Waals surface area contributed by atoms with Crippen molar-refractivity contribution >= 4 is 15.8 Å². The minimum Gasteiger partial charge on any atom is -0.263 e. The van der Waals surface area contributed by atoms with Crippen molar-refractivity contribution in [3.63, 3.8) is 0 Å². The van der Waals surface area contributed by atoms with E-state index in [1.165, 1.54) is 10.8 Å². The standard InChI is InChI=1S/C13H7F7N4O2S/c1-13(19,20)4-24-3-5(2-21)12(22-24)23-27(25,26)11-9(17)7(15)6(14)8(16)10(11)18/h3H,4H2,1H3,(H,22,23). The molecular formula is C13H7F7N4O2S. The summed E-state index contributed by atoms with van der Waals surface area (Å²) in [6, 6.07) is 1.39. The Bertz CT molecular complexity index is 1030. The molecule has 146 valence electrons. The molecule has 27 heavy (non-hydrogen) atoms. The Balaban J connectivity index is 2.54. The zero-order valence-corrected chi connectivity index (χ0v) is 13.8. The van der Waals surface area contributed by atoms with Crippen molar-refractivity contribution in [2.24, 2.45) is 0 Å². The molecule has 1 N–H and O–H groups in total. The number of anilines is 1. The van der Waals surface area contributed by atoms with Gasteiger partial charge in [0.05, 0.1) is 0 Å². The number of alkyl halides is 2. The lowest BCUT2D eigenvalue weighted by Gasteiger charge is -2.11. The molecule has 2 rings (SSSR count). The van der Waals surface area contributed by atoms with Gasteiger partial charge in [-0.3, -0.25) is 9.40 Å². The quantitative estimate of drug-likeness (QED) is 0.461. The predicted octanol–water partition coefficient (Wildman–Crippen LogP) is 2.91. The van der Waals surface area contributed by atoms with Crippen LogP contribution in [0.25, 0.3) is 0 Å². The molecule has 1 aromatic heterocycles. The second-order valence-electron chi connectivity index (χ2n) is 5.28. The van der Waals surface area contributed by atoms with Crippen LogP contribution >= 0.6 is 0 Å². The number of hydrogen-bond acceptors (Lipinski definition) is 4. The summed E-state index contributed by atoms with van der Waals surface area (Å²) < 4.78 is 119. The van der Waals surface area contributed by atoms with E-state index in [0.29, 0.717) is 17.8 Å². The highest BCUT2D eigenvalue weighted by atomic mass is 32.2. The maximum atomic E-state index is 13.7. The summed E-state index contributed by atoms with van der Waals surface area (Å²) in [4.78, 5) is -2.21. The van der Waals surface area contributed by atoms with Crippen LogP contribution < -0.4 is 4.72 Å². The van der Waals surface area contributed by atoms with Crippen LogP contribution in [-0.4, -0.2) is 24.1 Å². The second kappa shape index (κ2) is 6.72. The number of benzene rings is 1. The first-order valence-corrected chi connectivity index (χ1v) is 8.16. The van der Waals surface area contributed by atoms with Crippen molar-refractivity contribution in [3.8, 4) is 6.07 Å². The summed E-state index contributed by atoms with van der Waals surface area (Å²) in [5, 5.41) is 12.2. The minimum absolute atomic E-state index is 0.467. The number of aromatic nitrogens is 2. The average Bonchev–Trinajstić information content (AvgIpc) is 2.89. The van der Waals surface area contributed by atoms with Crippen LogP contribution in [0.1, 0.15) is 12.5 Å². The summed E-state index contributed by atoms with van der Waals surface area (Å²) in [7, 11) is -5.46. The molecule has 0 aliphatic rings. The highest BCUT2D eigenvalue weighted by Gasteiger charge is 2.34. The number of halogens is 7. The van der Waals surface area contributed by atoms with E-state index in [1.807, 2.05) is 0 Å². The number of nitriles is 1. The largest absolute Gasteiger partial charge is 0.269 e. The van der Waals surface area contributed by atoms with Crippen molar-refractivity contribution in [1.82, 2.24) is 9.78 Å². The monoisotopic (exact) mass is 416 g/mol. The molecule has 0 saturated heterocycles. The lowest BCUT2D eigenvalue weighted by Crippen LogP contribution is -2.21. The highest BCUT2D eigenvalue weighted by Crippen LogP contribution is 2.28. The Morgan fingerprint density at radius 3 is 2.04 bits per heavy atom. The molecule has 0 amide bonds. The Morgan fingerprint density at radius 1 is 1.11 bits per heavy atom. The normalized spacial score (nSPS) is 12.1. The third-order valence-electron chi connectivity index (χ3n) is 2.99. The number of nitrogens with zero attached hydrogens (tertiary/aromatic N) is 3. The lowest BCUT2D eigenvalue weighted by atomic mass is 10.3. The first-order chi connectivity index (χ1) is 12.3. The summed E-state index contributed by atoms with van der Waals surface area (Å²) in [6.45, 7) is -0.578. The molecule has 6 nitrogen and oxygen atoms in total. The van der Waals surface area contributed by atoms with E-state index in [-0.39, 0.29) is 0 Å². The molecule has 0 spiro atoms. The average molecular weight is 416 g/mol. The van der Waals surface area contributed by atoms with E-state index >= 15 is 0 Å². The fourth-order valence-corrected chi connectivity index (χ4v) is 3.10. The van der Waals surface area contributed by atoms with Crippen molar-refractivity contribution < 1.29 is 39.2 Å². The smallest absolute Gasteiger partial charge is 0.263 e. The molecular weight excluding hydrogens is 409 g/mol. The molecule has 0 atom stereocenters. The van der Waals surface area contributed by atoms with E-state index in [1.54, 1.807) is 0 Å². The van der Waals surface area contributed by atoms with Crippen molar-refractivity contribution in [2.45, 2.75) is 24.3 Å². The van der Waals surface area contributed by atoms with Gasteiger partial charge in [0.2, 0.25) is 5.82 Å². The molecule has 0 radical (unpaired) electrons. The van der Waals surface area contributed by atoms with Gasteiger partial charge in [0.1, 0.15) is 18.2 Å². The fraction of sp³-hybridized carbons (Fsp3) is 0.231. The molecule has 0 aliphatic carbocycles. The zero-order chi connectivity index (χ0) is 20.7. The third-order valence-corrected chi connectivity index (χ3v) is 4.35. The zero-order valence-electron chi connectivity index (χ0n) is 13.0. The van der Waals surface area contributed by atoms with Crippen LogP contribution in [0, 0.1) is 40.4 Å². The Morgan fingerprint density at radius 2 is 1.59 bits per heavy atom. The lowest BCUT2D eigenvalue weighted by molar-refractivity contribution is 0.000673. The van der Waals surface area contributed by atoms with Gasteiger partial charge in [0, 0.05) is 13.1 Å².